The Labute approximate surface area is 104 Å². The van der Waals surface area contributed by atoms with Crippen molar-refractivity contribution in [2.45, 2.75) is 6.54 Å². The van der Waals surface area contributed by atoms with E-state index in [0.717, 1.165) is 18.2 Å². The van der Waals surface area contributed by atoms with E-state index >= 15 is 0 Å². The van der Waals surface area contributed by atoms with Crippen LogP contribution in [0.4, 0.5) is 8.78 Å². The fraction of sp³-hybridized carbons (Fsp3) is 0.364. The predicted octanol–water partition coefficient (Wildman–Crippen LogP) is 1.22. The van der Waals surface area contributed by atoms with E-state index in [4.69, 9.17) is 0 Å². The van der Waals surface area contributed by atoms with Gasteiger partial charge >= 0.3 is 0 Å². The molecule has 1 aliphatic rings. The Hall–Kier alpha value is -1.20. The monoisotopic (exact) mass is 262 g/mol. The molecule has 1 heterocycles. The summed E-state index contributed by atoms with van der Waals surface area (Å²) in [6, 6.07) is 3.20. The first-order valence-corrected chi connectivity index (χ1v) is 5.09. The second kappa shape index (κ2) is 5.93. The molecular formula is C11H13ClF2N2O. The van der Waals surface area contributed by atoms with Crippen molar-refractivity contribution in [1.82, 2.24) is 10.6 Å². The predicted molar refractivity (Wildman–Crippen MR) is 61.8 cm³/mol. The van der Waals surface area contributed by atoms with E-state index in [1.54, 1.807) is 0 Å². The molecule has 2 N–H and O–H groups in total. The highest BCUT2D eigenvalue weighted by atomic mass is 35.5. The molecule has 1 aromatic carbocycles. The van der Waals surface area contributed by atoms with Crippen LogP contribution in [0.15, 0.2) is 18.2 Å². The lowest BCUT2D eigenvalue weighted by Crippen LogP contribution is -2.50. The molecule has 1 amide bonds. The average Bonchev–Trinajstić information content (AvgIpc) is 2.17. The van der Waals surface area contributed by atoms with Crippen LogP contribution in [0, 0.1) is 17.6 Å². The molecule has 3 nitrogen and oxygen atoms in total. The standard InChI is InChI=1S/C11H12F2N2O.ClH/c12-9-1-2-10(13)7(3-9)6-15-11(16)8-4-14-5-8;/h1-3,8,14H,4-6H2,(H,15,16);1H. The lowest BCUT2D eigenvalue weighted by atomic mass is 10.0. The molecule has 0 bridgehead atoms. The van der Waals surface area contributed by atoms with Crippen LogP contribution in [0.1, 0.15) is 5.56 Å². The highest BCUT2D eigenvalue weighted by Gasteiger charge is 2.24. The minimum absolute atomic E-state index is 0. The van der Waals surface area contributed by atoms with Crippen molar-refractivity contribution in [2.24, 2.45) is 5.92 Å². The van der Waals surface area contributed by atoms with Gasteiger partial charge in [-0.2, -0.15) is 0 Å². The minimum Gasteiger partial charge on any atom is -0.352 e. The lowest BCUT2D eigenvalue weighted by molar-refractivity contribution is -0.126. The molecule has 0 spiro atoms. The van der Waals surface area contributed by atoms with E-state index in [9.17, 15) is 13.6 Å². The fourth-order valence-corrected chi connectivity index (χ4v) is 1.48. The number of rotatable bonds is 3. The van der Waals surface area contributed by atoms with Gasteiger partial charge in [-0.1, -0.05) is 0 Å². The zero-order chi connectivity index (χ0) is 11.5. The molecule has 17 heavy (non-hydrogen) atoms. The number of nitrogens with one attached hydrogen (secondary N) is 2. The molecule has 94 valence electrons. The Morgan fingerprint density at radius 1 is 1.41 bits per heavy atom. The van der Waals surface area contributed by atoms with Crippen LogP contribution in [-0.2, 0) is 11.3 Å². The molecule has 1 fully saturated rings. The molecule has 1 aromatic rings. The lowest BCUT2D eigenvalue weighted by Gasteiger charge is -2.25. The van der Waals surface area contributed by atoms with Crippen molar-refractivity contribution < 1.29 is 13.6 Å². The highest BCUT2D eigenvalue weighted by molar-refractivity contribution is 5.85. The maximum absolute atomic E-state index is 13.2. The summed E-state index contributed by atoms with van der Waals surface area (Å²) in [5, 5.41) is 5.55. The van der Waals surface area contributed by atoms with Crippen molar-refractivity contribution in [2.75, 3.05) is 13.1 Å². The number of halogens is 3. The molecule has 1 saturated heterocycles. The Morgan fingerprint density at radius 2 is 2.12 bits per heavy atom. The van der Waals surface area contributed by atoms with Crippen LogP contribution in [0.25, 0.3) is 0 Å². The maximum Gasteiger partial charge on any atom is 0.225 e. The van der Waals surface area contributed by atoms with Crippen LogP contribution in [0.5, 0.6) is 0 Å². The summed E-state index contributed by atoms with van der Waals surface area (Å²) in [5.74, 6) is -1.18. The minimum atomic E-state index is -0.506. The average molecular weight is 263 g/mol. The van der Waals surface area contributed by atoms with E-state index in [1.807, 2.05) is 0 Å². The molecular weight excluding hydrogens is 250 g/mol. The van der Waals surface area contributed by atoms with Gasteiger partial charge in [-0.3, -0.25) is 4.79 Å². The van der Waals surface area contributed by atoms with Crippen LogP contribution < -0.4 is 10.6 Å². The van der Waals surface area contributed by atoms with Gasteiger partial charge in [0.1, 0.15) is 11.6 Å². The molecule has 0 radical (unpaired) electrons. The molecule has 1 aliphatic heterocycles. The van der Waals surface area contributed by atoms with Crippen LogP contribution in [0.2, 0.25) is 0 Å². The Balaban J connectivity index is 0.00000144. The maximum atomic E-state index is 13.2. The van der Waals surface area contributed by atoms with Crippen molar-refractivity contribution >= 4 is 18.3 Å². The van der Waals surface area contributed by atoms with Gasteiger partial charge in [-0.15, -0.1) is 12.4 Å². The fourth-order valence-electron chi connectivity index (χ4n) is 1.48. The van der Waals surface area contributed by atoms with Gasteiger partial charge in [-0.05, 0) is 18.2 Å². The first kappa shape index (κ1) is 13.9. The Bertz CT molecular complexity index is 410. The van der Waals surface area contributed by atoms with Gasteiger partial charge in [0.15, 0.2) is 0 Å². The normalized spacial score (nSPS) is 14.7. The summed E-state index contributed by atoms with van der Waals surface area (Å²) in [6.07, 6.45) is 0. The number of amides is 1. The van der Waals surface area contributed by atoms with Gasteiger partial charge in [0.05, 0.1) is 5.92 Å². The van der Waals surface area contributed by atoms with Crippen molar-refractivity contribution in [3.63, 3.8) is 0 Å². The van der Waals surface area contributed by atoms with Crippen LogP contribution in [-0.4, -0.2) is 19.0 Å². The van der Waals surface area contributed by atoms with E-state index in [1.165, 1.54) is 0 Å². The summed E-state index contributed by atoms with van der Waals surface area (Å²) >= 11 is 0. The number of hydrogen-bond donors (Lipinski definition) is 2. The molecule has 0 unspecified atom stereocenters. The Morgan fingerprint density at radius 3 is 2.71 bits per heavy atom. The molecule has 0 aromatic heterocycles. The summed E-state index contributed by atoms with van der Waals surface area (Å²) in [4.78, 5) is 11.4. The number of benzene rings is 1. The highest BCUT2D eigenvalue weighted by Crippen LogP contribution is 2.10. The molecule has 6 heteroatoms. The summed E-state index contributed by atoms with van der Waals surface area (Å²) in [6.45, 7) is 1.33. The summed E-state index contributed by atoms with van der Waals surface area (Å²) in [5.41, 5.74) is 0.167. The SMILES string of the molecule is Cl.O=C(NCc1cc(F)ccc1F)C1CNC1. The first-order chi connectivity index (χ1) is 7.66. The quantitative estimate of drug-likeness (QED) is 0.860. The molecule has 0 aliphatic carbocycles. The third kappa shape index (κ3) is 3.38. The van der Waals surface area contributed by atoms with Crippen molar-refractivity contribution in [1.29, 1.82) is 0 Å². The van der Waals surface area contributed by atoms with E-state index in [-0.39, 0.29) is 36.3 Å². The van der Waals surface area contributed by atoms with Gasteiger partial charge in [0.2, 0.25) is 5.91 Å². The second-order valence-electron chi connectivity index (χ2n) is 3.81. The van der Waals surface area contributed by atoms with Gasteiger partial charge in [0, 0.05) is 25.2 Å². The second-order valence-corrected chi connectivity index (χ2v) is 3.81. The molecule has 0 atom stereocenters. The third-order valence-electron chi connectivity index (χ3n) is 2.61. The van der Waals surface area contributed by atoms with Crippen LogP contribution in [0.3, 0.4) is 0 Å². The molecule has 0 saturated carbocycles. The number of carbonyl (C=O) groups is 1. The van der Waals surface area contributed by atoms with E-state index < -0.39 is 11.6 Å². The summed E-state index contributed by atoms with van der Waals surface area (Å²) in [7, 11) is 0. The van der Waals surface area contributed by atoms with Crippen molar-refractivity contribution in [3.8, 4) is 0 Å². The molecule has 2 rings (SSSR count). The van der Waals surface area contributed by atoms with E-state index in [2.05, 4.69) is 10.6 Å². The number of hydrogen-bond acceptors (Lipinski definition) is 2. The zero-order valence-corrected chi connectivity index (χ0v) is 9.82. The van der Waals surface area contributed by atoms with Crippen LogP contribution >= 0.6 is 12.4 Å². The van der Waals surface area contributed by atoms with Crippen molar-refractivity contribution in [3.05, 3.63) is 35.4 Å². The third-order valence-corrected chi connectivity index (χ3v) is 2.61. The number of carbonyl (C=O) groups excluding carboxylic acids is 1. The largest absolute Gasteiger partial charge is 0.352 e. The van der Waals surface area contributed by atoms with Gasteiger partial charge < -0.3 is 10.6 Å². The Kier molecular flexibility index (Phi) is 4.84. The van der Waals surface area contributed by atoms with Gasteiger partial charge in [-0.25, -0.2) is 8.78 Å². The summed E-state index contributed by atoms with van der Waals surface area (Å²) < 4.78 is 26.0. The first-order valence-electron chi connectivity index (χ1n) is 5.09. The van der Waals surface area contributed by atoms with E-state index in [0.29, 0.717) is 13.1 Å². The smallest absolute Gasteiger partial charge is 0.225 e. The zero-order valence-electron chi connectivity index (χ0n) is 9.00. The van der Waals surface area contributed by atoms with Gasteiger partial charge in [0.25, 0.3) is 0 Å². The topological polar surface area (TPSA) is 41.1 Å².